The average molecular weight is 365 g/mol. The zero-order valence-corrected chi connectivity index (χ0v) is 13.9. The fraction of sp³-hybridized carbons (Fsp3) is 0. The van der Waals surface area contributed by atoms with E-state index in [9.17, 15) is 14.4 Å². The van der Waals surface area contributed by atoms with Crippen molar-refractivity contribution in [2.24, 2.45) is 11.5 Å². The maximum absolute atomic E-state index is 11.5. The van der Waals surface area contributed by atoms with Crippen molar-refractivity contribution in [2.75, 3.05) is 5.32 Å². The summed E-state index contributed by atoms with van der Waals surface area (Å²) in [6.45, 7) is 0. The third-order valence-electron chi connectivity index (χ3n) is 3.80. The van der Waals surface area contributed by atoms with Crippen molar-refractivity contribution in [2.45, 2.75) is 0 Å². The van der Waals surface area contributed by atoms with Crippen molar-refractivity contribution in [3.8, 4) is 16.8 Å². The molecule has 0 saturated carbocycles. The van der Waals surface area contributed by atoms with E-state index in [1.165, 1.54) is 23.0 Å². The predicted octanol–water partition coefficient (Wildman–Crippen LogP) is 1.83. The quantitative estimate of drug-likeness (QED) is 0.543. The van der Waals surface area contributed by atoms with E-state index in [2.05, 4.69) is 10.4 Å². The highest BCUT2D eigenvalue weighted by Crippen LogP contribution is 2.23. The van der Waals surface area contributed by atoms with Gasteiger partial charge in [0.05, 0.1) is 23.1 Å². The van der Waals surface area contributed by atoms with Gasteiger partial charge in [-0.2, -0.15) is 5.10 Å². The summed E-state index contributed by atoms with van der Waals surface area (Å²) < 4.78 is 1.39. The summed E-state index contributed by atoms with van der Waals surface area (Å²) in [6, 6.07) is 12.8. The van der Waals surface area contributed by atoms with Gasteiger partial charge in [-0.3, -0.25) is 4.79 Å². The largest absolute Gasteiger partial charge is 0.478 e. The number of aromatic carboxylic acids is 1. The molecule has 9 heteroatoms. The Kier molecular flexibility index (Phi) is 4.58. The minimum absolute atomic E-state index is 0.109. The van der Waals surface area contributed by atoms with Gasteiger partial charge in [-0.15, -0.1) is 0 Å². The van der Waals surface area contributed by atoms with Gasteiger partial charge < -0.3 is 21.9 Å². The molecule has 27 heavy (non-hydrogen) atoms. The van der Waals surface area contributed by atoms with Gasteiger partial charge in [0.15, 0.2) is 5.69 Å². The Morgan fingerprint density at radius 1 is 0.926 bits per heavy atom. The Morgan fingerprint density at radius 3 is 1.96 bits per heavy atom. The Bertz CT molecular complexity index is 1020. The maximum Gasteiger partial charge on any atom is 0.335 e. The van der Waals surface area contributed by atoms with E-state index in [4.69, 9.17) is 16.6 Å². The monoisotopic (exact) mass is 365 g/mol. The van der Waals surface area contributed by atoms with Crippen LogP contribution in [0.2, 0.25) is 0 Å². The molecule has 0 fully saturated rings. The molecule has 0 saturated heterocycles. The summed E-state index contributed by atoms with van der Waals surface area (Å²) in [5, 5.41) is 15.3. The van der Waals surface area contributed by atoms with Crippen LogP contribution >= 0.6 is 0 Å². The first-order valence-electron chi connectivity index (χ1n) is 7.75. The van der Waals surface area contributed by atoms with E-state index in [0.717, 1.165) is 11.1 Å². The number of hydrogen-bond acceptors (Lipinski definition) is 4. The van der Waals surface area contributed by atoms with Crippen LogP contribution in [-0.4, -0.2) is 32.8 Å². The van der Waals surface area contributed by atoms with Crippen molar-refractivity contribution in [3.05, 3.63) is 66.0 Å². The number of carboxylic acid groups (broad SMARTS) is 1. The number of amides is 3. The van der Waals surface area contributed by atoms with Crippen molar-refractivity contribution in [1.82, 2.24) is 9.78 Å². The molecule has 0 unspecified atom stereocenters. The van der Waals surface area contributed by atoms with Crippen molar-refractivity contribution in [1.29, 1.82) is 0 Å². The van der Waals surface area contributed by atoms with Gasteiger partial charge in [-0.05, 0) is 35.4 Å². The first kappa shape index (κ1) is 17.7. The number of carboxylic acids is 1. The van der Waals surface area contributed by atoms with Crippen LogP contribution < -0.4 is 16.8 Å². The summed E-state index contributed by atoms with van der Waals surface area (Å²) in [5.74, 6) is -1.78. The number of primary amides is 2. The summed E-state index contributed by atoms with van der Waals surface area (Å²) in [6.07, 6.45) is 1.43. The molecule has 3 rings (SSSR count). The number of urea groups is 1. The van der Waals surface area contributed by atoms with E-state index >= 15 is 0 Å². The highest BCUT2D eigenvalue weighted by Gasteiger charge is 2.16. The summed E-state index contributed by atoms with van der Waals surface area (Å²) in [7, 11) is 0. The van der Waals surface area contributed by atoms with Gasteiger partial charge in [0.1, 0.15) is 0 Å². The van der Waals surface area contributed by atoms with E-state index in [0.29, 0.717) is 5.69 Å². The molecular formula is C18H15N5O4. The number of carbonyl (C=O) groups excluding carboxylic acids is 2. The molecule has 0 aliphatic carbocycles. The highest BCUT2D eigenvalue weighted by molar-refractivity contribution is 6.00. The average Bonchev–Trinajstić information content (AvgIpc) is 3.05. The van der Waals surface area contributed by atoms with Crippen molar-refractivity contribution in [3.63, 3.8) is 0 Å². The second-order valence-corrected chi connectivity index (χ2v) is 5.62. The molecule has 0 bridgehead atoms. The standard InChI is InChI=1S/C18H15N5O4/c19-16(24)15-14(21-18(20)27)9-23(22-15)13-7-5-11(6-8-13)10-1-3-12(4-2-10)17(25)26/h1-9H,(H2,19,24)(H,25,26)(H3,20,21,27). The van der Waals surface area contributed by atoms with Crippen LogP contribution in [0, 0.1) is 0 Å². The molecule has 1 aromatic heterocycles. The molecule has 1 heterocycles. The Morgan fingerprint density at radius 2 is 1.48 bits per heavy atom. The SMILES string of the molecule is NC(=O)Nc1cn(-c2ccc(-c3ccc(C(=O)O)cc3)cc2)nc1C(N)=O. The lowest BCUT2D eigenvalue weighted by atomic mass is 10.0. The highest BCUT2D eigenvalue weighted by atomic mass is 16.4. The number of hydrogen-bond donors (Lipinski definition) is 4. The molecule has 3 amide bonds. The Labute approximate surface area is 153 Å². The summed E-state index contributed by atoms with van der Waals surface area (Å²) in [4.78, 5) is 33.4. The van der Waals surface area contributed by atoms with Crippen LogP contribution in [0.3, 0.4) is 0 Å². The minimum atomic E-state index is -0.985. The fourth-order valence-electron chi connectivity index (χ4n) is 2.52. The molecule has 6 N–H and O–H groups in total. The molecule has 0 aliphatic rings. The number of anilines is 1. The second-order valence-electron chi connectivity index (χ2n) is 5.62. The molecule has 0 atom stereocenters. The van der Waals surface area contributed by atoms with Gasteiger partial charge >= 0.3 is 12.0 Å². The van der Waals surface area contributed by atoms with E-state index in [1.54, 1.807) is 24.3 Å². The number of rotatable bonds is 5. The molecule has 9 nitrogen and oxygen atoms in total. The van der Waals surface area contributed by atoms with Crippen LogP contribution in [-0.2, 0) is 0 Å². The number of aromatic nitrogens is 2. The minimum Gasteiger partial charge on any atom is -0.478 e. The number of nitrogens with two attached hydrogens (primary N) is 2. The lowest BCUT2D eigenvalue weighted by molar-refractivity contribution is 0.0696. The number of nitrogens with one attached hydrogen (secondary N) is 1. The Balaban J connectivity index is 1.90. The third-order valence-corrected chi connectivity index (χ3v) is 3.80. The summed E-state index contributed by atoms with van der Waals surface area (Å²) in [5.41, 5.74) is 12.9. The second kappa shape index (κ2) is 7.00. The van der Waals surface area contributed by atoms with Crippen LogP contribution in [0.25, 0.3) is 16.8 Å². The molecule has 0 aliphatic heterocycles. The number of benzene rings is 2. The van der Waals surface area contributed by atoms with Crippen LogP contribution in [0.15, 0.2) is 54.7 Å². The van der Waals surface area contributed by atoms with Gasteiger partial charge in [0.2, 0.25) is 0 Å². The lowest BCUT2D eigenvalue weighted by Crippen LogP contribution is -2.22. The molecule has 3 aromatic rings. The molecule has 0 radical (unpaired) electrons. The van der Waals surface area contributed by atoms with E-state index in [1.807, 2.05) is 12.1 Å². The van der Waals surface area contributed by atoms with Gasteiger partial charge in [-0.1, -0.05) is 24.3 Å². The molecule has 2 aromatic carbocycles. The van der Waals surface area contributed by atoms with E-state index in [-0.39, 0.29) is 16.9 Å². The normalized spacial score (nSPS) is 10.4. The van der Waals surface area contributed by atoms with Gasteiger partial charge in [0, 0.05) is 0 Å². The number of nitrogens with zero attached hydrogens (tertiary/aromatic N) is 2. The first-order valence-corrected chi connectivity index (χ1v) is 7.75. The zero-order valence-electron chi connectivity index (χ0n) is 13.9. The van der Waals surface area contributed by atoms with E-state index < -0.39 is 17.9 Å². The maximum atomic E-state index is 11.5. The van der Waals surface area contributed by atoms with Crippen LogP contribution in [0.4, 0.5) is 10.5 Å². The zero-order chi connectivity index (χ0) is 19.6. The van der Waals surface area contributed by atoms with Crippen LogP contribution in [0.5, 0.6) is 0 Å². The molecular weight excluding hydrogens is 350 g/mol. The first-order chi connectivity index (χ1) is 12.8. The van der Waals surface area contributed by atoms with Gasteiger partial charge in [0.25, 0.3) is 5.91 Å². The lowest BCUT2D eigenvalue weighted by Gasteiger charge is -2.05. The fourth-order valence-corrected chi connectivity index (χ4v) is 2.52. The molecule has 0 spiro atoms. The van der Waals surface area contributed by atoms with Crippen molar-refractivity contribution < 1.29 is 19.5 Å². The summed E-state index contributed by atoms with van der Waals surface area (Å²) >= 11 is 0. The number of carbonyl (C=O) groups is 3. The topological polar surface area (TPSA) is 153 Å². The molecule has 136 valence electrons. The Hall–Kier alpha value is -4.14. The smallest absolute Gasteiger partial charge is 0.335 e. The van der Waals surface area contributed by atoms with Gasteiger partial charge in [-0.25, -0.2) is 14.3 Å². The van der Waals surface area contributed by atoms with Crippen LogP contribution in [0.1, 0.15) is 20.8 Å². The predicted molar refractivity (Wildman–Crippen MR) is 97.7 cm³/mol. The van der Waals surface area contributed by atoms with Crippen molar-refractivity contribution >= 4 is 23.6 Å². The third kappa shape index (κ3) is 3.76.